The van der Waals surface area contributed by atoms with Crippen LogP contribution >= 0.6 is 11.6 Å². The molecule has 0 radical (unpaired) electrons. The van der Waals surface area contributed by atoms with Crippen LogP contribution in [-0.4, -0.2) is 39.0 Å². The molecule has 0 spiro atoms. The third-order valence-electron chi connectivity index (χ3n) is 3.88. The van der Waals surface area contributed by atoms with E-state index in [4.69, 9.17) is 16.3 Å². The summed E-state index contributed by atoms with van der Waals surface area (Å²) in [5.41, 5.74) is 0. The number of hydrogen-bond donors (Lipinski definition) is 0. The molecule has 1 aliphatic rings. The third-order valence-corrected chi connectivity index (χ3v) is 6.33. The molecule has 0 bridgehead atoms. The van der Waals surface area contributed by atoms with Crippen LogP contribution in [0.3, 0.4) is 0 Å². The highest BCUT2D eigenvalue weighted by molar-refractivity contribution is 7.89. The van der Waals surface area contributed by atoms with Crippen LogP contribution in [0.5, 0.6) is 0 Å². The molecular formula is C15H22ClNO3S. The highest BCUT2D eigenvalue weighted by Gasteiger charge is 2.34. The summed E-state index contributed by atoms with van der Waals surface area (Å²) < 4.78 is 32.4. The normalized spacial score (nSPS) is 20.6. The summed E-state index contributed by atoms with van der Waals surface area (Å²) in [4.78, 5) is 0.213. The lowest BCUT2D eigenvalue weighted by Crippen LogP contribution is -2.43. The Morgan fingerprint density at radius 1 is 1.33 bits per heavy atom. The summed E-state index contributed by atoms with van der Waals surface area (Å²) in [6.45, 7) is 1.24. The lowest BCUT2D eigenvalue weighted by atomic mass is 10.0. The monoisotopic (exact) mass is 331 g/mol. The molecule has 1 saturated heterocycles. The number of methoxy groups -OCH3 is 1. The van der Waals surface area contributed by atoms with Crippen molar-refractivity contribution in [1.29, 1.82) is 0 Å². The molecule has 1 aliphatic heterocycles. The van der Waals surface area contributed by atoms with Crippen molar-refractivity contribution in [3.8, 4) is 0 Å². The minimum absolute atomic E-state index is 0.0511. The first kappa shape index (κ1) is 16.7. The van der Waals surface area contributed by atoms with Crippen LogP contribution in [0.4, 0.5) is 0 Å². The van der Waals surface area contributed by atoms with E-state index in [1.807, 2.05) is 0 Å². The number of piperidine rings is 1. The summed E-state index contributed by atoms with van der Waals surface area (Å²) in [6.07, 6.45) is 4.59. The molecular weight excluding hydrogens is 310 g/mol. The number of halogens is 1. The minimum atomic E-state index is -3.52. The Morgan fingerprint density at radius 3 is 2.81 bits per heavy atom. The van der Waals surface area contributed by atoms with E-state index in [2.05, 4.69) is 0 Å². The summed E-state index contributed by atoms with van der Waals surface area (Å²) in [5.74, 6) is 0. The van der Waals surface area contributed by atoms with E-state index >= 15 is 0 Å². The fourth-order valence-electron chi connectivity index (χ4n) is 2.82. The van der Waals surface area contributed by atoms with Crippen molar-refractivity contribution < 1.29 is 13.2 Å². The smallest absolute Gasteiger partial charge is 0.244 e. The van der Waals surface area contributed by atoms with Gasteiger partial charge in [0, 0.05) is 26.3 Å². The zero-order chi connectivity index (χ0) is 15.3. The lowest BCUT2D eigenvalue weighted by Gasteiger charge is -2.35. The quantitative estimate of drug-likeness (QED) is 0.751. The Kier molecular flexibility index (Phi) is 6.05. The zero-order valence-electron chi connectivity index (χ0n) is 12.3. The molecule has 0 unspecified atom stereocenters. The van der Waals surface area contributed by atoms with Crippen molar-refractivity contribution in [2.75, 3.05) is 20.3 Å². The summed E-state index contributed by atoms with van der Waals surface area (Å²) in [6, 6.07) is 6.71. The van der Waals surface area contributed by atoms with Gasteiger partial charge in [-0.05, 0) is 37.8 Å². The first-order chi connectivity index (χ1) is 10.1. The SMILES string of the molecule is COCCC[C@@H]1CCCCN1S(=O)(=O)c1ccccc1Cl. The van der Waals surface area contributed by atoms with Gasteiger partial charge in [-0.15, -0.1) is 0 Å². The first-order valence-corrected chi connectivity index (χ1v) is 9.14. The van der Waals surface area contributed by atoms with Crippen molar-refractivity contribution >= 4 is 21.6 Å². The first-order valence-electron chi connectivity index (χ1n) is 7.32. The van der Waals surface area contributed by atoms with Gasteiger partial charge in [0.2, 0.25) is 10.0 Å². The van der Waals surface area contributed by atoms with Gasteiger partial charge in [-0.25, -0.2) is 8.42 Å². The van der Waals surface area contributed by atoms with E-state index in [0.29, 0.717) is 18.2 Å². The summed E-state index contributed by atoms with van der Waals surface area (Å²) in [7, 11) is -1.85. The molecule has 21 heavy (non-hydrogen) atoms. The Labute approximate surface area is 132 Å². The van der Waals surface area contributed by atoms with Crippen LogP contribution in [-0.2, 0) is 14.8 Å². The highest BCUT2D eigenvalue weighted by Crippen LogP contribution is 2.30. The van der Waals surface area contributed by atoms with Gasteiger partial charge in [-0.1, -0.05) is 30.2 Å². The molecule has 4 nitrogen and oxygen atoms in total. The molecule has 1 heterocycles. The van der Waals surface area contributed by atoms with E-state index in [-0.39, 0.29) is 10.9 Å². The Bertz CT molecular complexity index is 562. The zero-order valence-corrected chi connectivity index (χ0v) is 13.9. The van der Waals surface area contributed by atoms with Crippen molar-refractivity contribution in [1.82, 2.24) is 4.31 Å². The standard InChI is InChI=1S/C15H22ClNO3S/c1-20-12-6-8-13-7-4-5-11-17(13)21(18,19)15-10-3-2-9-14(15)16/h2-3,9-10,13H,4-8,11-12H2,1H3/t13-/m0/s1. The van der Waals surface area contributed by atoms with Crippen LogP contribution in [0.15, 0.2) is 29.2 Å². The van der Waals surface area contributed by atoms with E-state index in [0.717, 1.165) is 32.1 Å². The topological polar surface area (TPSA) is 46.6 Å². The number of ether oxygens (including phenoxy) is 1. The van der Waals surface area contributed by atoms with Gasteiger partial charge >= 0.3 is 0 Å². The molecule has 1 aromatic rings. The summed E-state index contributed by atoms with van der Waals surface area (Å²) in [5, 5.41) is 0.290. The average molecular weight is 332 g/mol. The fraction of sp³-hybridized carbons (Fsp3) is 0.600. The molecule has 1 aromatic carbocycles. The van der Waals surface area contributed by atoms with Crippen LogP contribution in [0.1, 0.15) is 32.1 Å². The second kappa shape index (κ2) is 7.58. The molecule has 0 N–H and O–H groups in total. The maximum absolute atomic E-state index is 12.9. The lowest BCUT2D eigenvalue weighted by molar-refractivity contribution is 0.172. The predicted octanol–water partition coefficient (Wildman–Crippen LogP) is 3.31. The van der Waals surface area contributed by atoms with Crippen molar-refractivity contribution in [2.45, 2.75) is 43.0 Å². The third kappa shape index (κ3) is 3.97. The number of benzene rings is 1. The molecule has 118 valence electrons. The number of nitrogens with zero attached hydrogens (tertiary/aromatic N) is 1. The summed E-state index contributed by atoms with van der Waals surface area (Å²) >= 11 is 6.08. The maximum atomic E-state index is 12.9. The van der Waals surface area contributed by atoms with E-state index in [9.17, 15) is 8.42 Å². The van der Waals surface area contributed by atoms with Gasteiger partial charge in [0.05, 0.1) is 5.02 Å². The largest absolute Gasteiger partial charge is 0.385 e. The average Bonchev–Trinajstić information content (AvgIpc) is 2.48. The van der Waals surface area contributed by atoms with Crippen molar-refractivity contribution in [2.24, 2.45) is 0 Å². The van der Waals surface area contributed by atoms with Gasteiger partial charge in [0.25, 0.3) is 0 Å². The van der Waals surface area contributed by atoms with E-state index in [1.54, 1.807) is 35.7 Å². The predicted molar refractivity (Wildman–Crippen MR) is 84.1 cm³/mol. The molecule has 0 amide bonds. The van der Waals surface area contributed by atoms with Gasteiger partial charge in [-0.3, -0.25) is 0 Å². The van der Waals surface area contributed by atoms with Gasteiger partial charge in [0.1, 0.15) is 4.90 Å². The van der Waals surface area contributed by atoms with Gasteiger partial charge in [0.15, 0.2) is 0 Å². The highest BCUT2D eigenvalue weighted by atomic mass is 35.5. The Hall–Kier alpha value is -0.620. The van der Waals surface area contributed by atoms with Crippen LogP contribution in [0.25, 0.3) is 0 Å². The molecule has 0 aromatic heterocycles. The number of hydrogen-bond acceptors (Lipinski definition) is 3. The van der Waals surface area contributed by atoms with Gasteiger partial charge in [-0.2, -0.15) is 4.31 Å². The van der Waals surface area contributed by atoms with Crippen LogP contribution in [0.2, 0.25) is 5.02 Å². The van der Waals surface area contributed by atoms with Gasteiger partial charge < -0.3 is 4.74 Å². The molecule has 6 heteroatoms. The number of sulfonamides is 1. The second-order valence-corrected chi connectivity index (χ2v) is 7.60. The Morgan fingerprint density at radius 2 is 2.10 bits per heavy atom. The fourth-order valence-corrected chi connectivity index (χ4v) is 5.04. The molecule has 1 fully saturated rings. The molecule has 2 rings (SSSR count). The van der Waals surface area contributed by atoms with Crippen LogP contribution in [0, 0.1) is 0 Å². The van der Waals surface area contributed by atoms with E-state index in [1.165, 1.54) is 0 Å². The van der Waals surface area contributed by atoms with E-state index < -0.39 is 10.0 Å². The van der Waals surface area contributed by atoms with Crippen molar-refractivity contribution in [3.63, 3.8) is 0 Å². The minimum Gasteiger partial charge on any atom is -0.385 e. The molecule has 1 atom stereocenters. The van der Waals surface area contributed by atoms with Crippen LogP contribution < -0.4 is 0 Å². The molecule has 0 aliphatic carbocycles. The number of rotatable bonds is 6. The Balaban J connectivity index is 2.21. The second-order valence-electron chi connectivity index (χ2n) is 5.33. The maximum Gasteiger partial charge on any atom is 0.244 e. The van der Waals surface area contributed by atoms with Crippen molar-refractivity contribution in [3.05, 3.63) is 29.3 Å². The molecule has 0 saturated carbocycles.